The highest BCUT2D eigenvalue weighted by atomic mass is 16.5. The number of hydrogen-bond acceptors (Lipinski definition) is 4. The van der Waals surface area contributed by atoms with Crippen molar-refractivity contribution in [3.05, 3.63) is 23.7 Å². The average Bonchev–Trinajstić information content (AvgIpc) is 2.75. The number of amides is 1. The van der Waals surface area contributed by atoms with Crippen molar-refractivity contribution in [3.63, 3.8) is 0 Å². The van der Waals surface area contributed by atoms with E-state index in [1.165, 1.54) is 7.11 Å². The summed E-state index contributed by atoms with van der Waals surface area (Å²) >= 11 is 0. The van der Waals surface area contributed by atoms with E-state index < -0.39 is 11.5 Å². The van der Waals surface area contributed by atoms with Gasteiger partial charge in [0, 0.05) is 19.1 Å². The van der Waals surface area contributed by atoms with Crippen LogP contribution in [0.25, 0.3) is 0 Å². The number of furan rings is 1. The normalized spacial score (nSPS) is 11.3. The van der Waals surface area contributed by atoms with Crippen molar-refractivity contribution >= 4 is 11.9 Å². The second-order valence-electron chi connectivity index (χ2n) is 4.93. The van der Waals surface area contributed by atoms with Crippen molar-refractivity contribution < 1.29 is 23.8 Å². The van der Waals surface area contributed by atoms with Crippen LogP contribution in [0.4, 0.5) is 0 Å². The van der Waals surface area contributed by atoms with Crippen molar-refractivity contribution in [2.75, 3.05) is 7.11 Å². The third-order valence-electron chi connectivity index (χ3n) is 2.59. The highest BCUT2D eigenvalue weighted by Crippen LogP contribution is 2.14. The molecule has 6 heteroatoms. The maximum absolute atomic E-state index is 11.9. The van der Waals surface area contributed by atoms with E-state index in [1.807, 2.05) is 0 Å². The van der Waals surface area contributed by atoms with Gasteiger partial charge in [-0.25, -0.2) is 0 Å². The summed E-state index contributed by atoms with van der Waals surface area (Å²) < 4.78 is 10.2. The van der Waals surface area contributed by atoms with Gasteiger partial charge in [-0.1, -0.05) is 0 Å². The Balaban J connectivity index is 2.59. The second-order valence-corrected chi connectivity index (χ2v) is 4.93. The summed E-state index contributed by atoms with van der Waals surface area (Å²) in [5, 5.41) is 11.4. The minimum Gasteiger partial charge on any atom is -0.481 e. The number of rotatable bonds is 7. The molecule has 1 heterocycles. The van der Waals surface area contributed by atoms with E-state index in [-0.39, 0.29) is 18.1 Å². The largest absolute Gasteiger partial charge is 0.481 e. The van der Waals surface area contributed by atoms with Gasteiger partial charge in [0.15, 0.2) is 5.76 Å². The van der Waals surface area contributed by atoms with Gasteiger partial charge in [0.25, 0.3) is 5.91 Å². The summed E-state index contributed by atoms with van der Waals surface area (Å²) in [4.78, 5) is 22.5. The summed E-state index contributed by atoms with van der Waals surface area (Å²) in [5.41, 5.74) is -0.607. The molecule has 0 saturated carbocycles. The number of carbonyl (C=O) groups excluding carboxylic acids is 1. The molecule has 0 aliphatic carbocycles. The van der Waals surface area contributed by atoms with Gasteiger partial charge in [-0.2, -0.15) is 0 Å². The van der Waals surface area contributed by atoms with Crippen molar-refractivity contribution in [2.45, 2.75) is 38.8 Å². The zero-order valence-electron chi connectivity index (χ0n) is 11.4. The number of carboxylic acids is 1. The van der Waals surface area contributed by atoms with Crippen LogP contribution in [0.5, 0.6) is 0 Å². The van der Waals surface area contributed by atoms with Gasteiger partial charge >= 0.3 is 5.97 Å². The molecule has 106 valence electrons. The first-order chi connectivity index (χ1) is 8.84. The van der Waals surface area contributed by atoms with Crippen LogP contribution < -0.4 is 5.32 Å². The van der Waals surface area contributed by atoms with E-state index in [9.17, 15) is 9.59 Å². The Hall–Kier alpha value is -1.82. The number of aliphatic carboxylic acids is 1. The summed E-state index contributed by atoms with van der Waals surface area (Å²) in [6.45, 7) is 3.84. The topological polar surface area (TPSA) is 88.8 Å². The number of methoxy groups -OCH3 is 1. The SMILES string of the molecule is COCc1ccc(C(=O)NC(C)(C)CCC(=O)O)o1. The lowest BCUT2D eigenvalue weighted by atomic mass is 9.98. The maximum atomic E-state index is 11.9. The molecule has 1 aromatic heterocycles. The summed E-state index contributed by atoms with van der Waals surface area (Å²) in [7, 11) is 1.54. The molecule has 0 aliphatic rings. The quantitative estimate of drug-likeness (QED) is 0.788. The third kappa shape index (κ3) is 5.13. The Bertz CT molecular complexity index is 450. The number of nitrogens with one attached hydrogen (secondary N) is 1. The molecule has 0 fully saturated rings. The molecule has 0 atom stereocenters. The molecule has 1 amide bonds. The van der Waals surface area contributed by atoms with Gasteiger partial charge in [-0.15, -0.1) is 0 Å². The van der Waals surface area contributed by atoms with Crippen molar-refractivity contribution in [2.24, 2.45) is 0 Å². The fourth-order valence-electron chi connectivity index (χ4n) is 1.57. The van der Waals surface area contributed by atoms with E-state index >= 15 is 0 Å². The fraction of sp³-hybridized carbons (Fsp3) is 0.538. The maximum Gasteiger partial charge on any atom is 0.303 e. The van der Waals surface area contributed by atoms with Crippen LogP contribution >= 0.6 is 0 Å². The summed E-state index contributed by atoms with van der Waals surface area (Å²) in [5.74, 6) is -0.494. The van der Waals surface area contributed by atoms with Crippen molar-refractivity contribution in [1.29, 1.82) is 0 Å². The lowest BCUT2D eigenvalue weighted by Crippen LogP contribution is -2.43. The average molecular weight is 269 g/mol. The molecule has 0 aromatic carbocycles. The van der Waals surface area contributed by atoms with E-state index in [0.717, 1.165) is 0 Å². The number of hydrogen-bond donors (Lipinski definition) is 2. The summed E-state index contributed by atoms with van der Waals surface area (Å²) in [6, 6.07) is 3.24. The van der Waals surface area contributed by atoms with Gasteiger partial charge in [0.2, 0.25) is 0 Å². The Morgan fingerprint density at radius 1 is 1.42 bits per heavy atom. The zero-order valence-corrected chi connectivity index (χ0v) is 11.4. The molecule has 0 bridgehead atoms. The molecular weight excluding hydrogens is 250 g/mol. The van der Waals surface area contributed by atoms with Crippen LogP contribution in [0.1, 0.15) is 43.0 Å². The standard InChI is InChI=1S/C13H19NO5/c1-13(2,7-6-11(15)16)14-12(17)10-5-4-9(19-10)8-18-3/h4-5H,6-8H2,1-3H3,(H,14,17)(H,15,16). The van der Waals surface area contributed by atoms with Gasteiger partial charge < -0.3 is 19.6 Å². The van der Waals surface area contributed by atoms with Crippen LogP contribution in [0.3, 0.4) is 0 Å². The van der Waals surface area contributed by atoms with Crippen LogP contribution in [0.15, 0.2) is 16.5 Å². The molecule has 1 rings (SSSR count). The van der Waals surface area contributed by atoms with Gasteiger partial charge in [0.05, 0.1) is 0 Å². The second kappa shape index (κ2) is 6.38. The van der Waals surface area contributed by atoms with E-state index in [0.29, 0.717) is 18.8 Å². The van der Waals surface area contributed by atoms with Gasteiger partial charge in [-0.3, -0.25) is 9.59 Å². The molecule has 0 saturated heterocycles. The Kier molecular flexibility index (Phi) is 5.11. The Morgan fingerprint density at radius 3 is 2.68 bits per heavy atom. The minimum atomic E-state index is -0.886. The van der Waals surface area contributed by atoms with Crippen LogP contribution in [0.2, 0.25) is 0 Å². The van der Waals surface area contributed by atoms with E-state index in [1.54, 1.807) is 26.0 Å². The zero-order chi connectivity index (χ0) is 14.5. The van der Waals surface area contributed by atoms with Crippen LogP contribution in [0, 0.1) is 0 Å². The lowest BCUT2D eigenvalue weighted by Gasteiger charge is -2.24. The highest BCUT2D eigenvalue weighted by molar-refractivity contribution is 5.92. The van der Waals surface area contributed by atoms with Crippen LogP contribution in [-0.4, -0.2) is 29.6 Å². The molecule has 6 nitrogen and oxygen atoms in total. The molecule has 0 radical (unpaired) electrons. The summed E-state index contributed by atoms with van der Waals surface area (Å²) in [6.07, 6.45) is 0.347. The number of carbonyl (C=O) groups is 2. The fourth-order valence-corrected chi connectivity index (χ4v) is 1.57. The predicted molar refractivity (Wildman–Crippen MR) is 67.8 cm³/mol. The molecule has 0 spiro atoms. The highest BCUT2D eigenvalue weighted by Gasteiger charge is 2.23. The molecule has 19 heavy (non-hydrogen) atoms. The molecule has 0 aliphatic heterocycles. The van der Waals surface area contributed by atoms with Crippen molar-refractivity contribution in [1.82, 2.24) is 5.32 Å². The Morgan fingerprint density at radius 2 is 2.11 bits per heavy atom. The molecule has 2 N–H and O–H groups in total. The van der Waals surface area contributed by atoms with Gasteiger partial charge in [-0.05, 0) is 32.4 Å². The predicted octanol–water partition coefficient (Wildman–Crippen LogP) is 1.80. The molecule has 1 aromatic rings. The molecular formula is C13H19NO5. The first-order valence-electron chi connectivity index (χ1n) is 5.96. The van der Waals surface area contributed by atoms with Crippen molar-refractivity contribution in [3.8, 4) is 0 Å². The Labute approximate surface area is 111 Å². The smallest absolute Gasteiger partial charge is 0.303 e. The third-order valence-corrected chi connectivity index (χ3v) is 2.59. The monoisotopic (exact) mass is 269 g/mol. The van der Waals surface area contributed by atoms with Gasteiger partial charge in [0.1, 0.15) is 12.4 Å². The molecule has 0 unspecified atom stereocenters. The van der Waals surface area contributed by atoms with E-state index in [2.05, 4.69) is 5.32 Å². The minimum absolute atomic E-state index is 0.000357. The lowest BCUT2D eigenvalue weighted by molar-refractivity contribution is -0.137. The first-order valence-corrected chi connectivity index (χ1v) is 5.96. The first kappa shape index (κ1) is 15.2. The number of carboxylic acid groups (broad SMARTS) is 1. The van der Waals surface area contributed by atoms with Crippen LogP contribution in [-0.2, 0) is 16.1 Å². The number of ether oxygens (including phenoxy) is 1. The van der Waals surface area contributed by atoms with E-state index in [4.69, 9.17) is 14.3 Å².